The monoisotopic (exact) mass is 308 g/mol. The van der Waals surface area contributed by atoms with Gasteiger partial charge in [0.1, 0.15) is 0 Å². The van der Waals surface area contributed by atoms with Gasteiger partial charge in [0.25, 0.3) is 0 Å². The molecule has 0 unspecified atom stereocenters. The molecule has 1 saturated heterocycles. The van der Waals surface area contributed by atoms with E-state index in [0.29, 0.717) is 16.3 Å². The summed E-state index contributed by atoms with van der Waals surface area (Å²) >= 11 is 6.08. The van der Waals surface area contributed by atoms with Gasteiger partial charge in [0, 0.05) is 61.3 Å². The van der Waals surface area contributed by atoms with Gasteiger partial charge in [-0.15, -0.1) is 0 Å². The lowest BCUT2D eigenvalue weighted by Gasteiger charge is -2.35. The molecule has 1 aliphatic rings. The molecule has 2 rings (SSSR count). The summed E-state index contributed by atoms with van der Waals surface area (Å²) in [6.45, 7) is 1.54. The Balaban J connectivity index is 2.16. The number of nitrogens with one attached hydrogen (secondary N) is 1. The number of carbonyl (C=O) groups excluding carboxylic acids is 1. The maximum Gasteiger partial charge on any atom is 0.225 e. The summed E-state index contributed by atoms with van der Waals surface area (Å²) in [4.78, 5) is 15.8. The highest BCUT2D eigenvalue weighted by Crippen LogP contribution is 2.32. The zero-order chi connectivity index (χ0) is 15.6. The van der Waals surface area contributed by atoms with Gasteiger partial charge in [0.05, 0.1) is 0 Å². The van der Waals surface area contributed by atoms with E-state index in [-0.39, 0.29) is 11.8 Å². The smallest absolute Gasteiger partial charge is 0.225 e. The summed E-state index contributed by atoms with van der Waals surface area (Å²) in [6.07, 6.45) is 2.87. The van der Waals surface area contributed by atoms with E-state index in [1.54, 1.807) is 25.1 Å². The molecule has 0 aliphatic carbocycles. The number of nitrogens with zero attached hydrogens (tertiary/aromatic N) is 2. The number of anilines is 2. The fourth-order valence-corrected chi connectivity index (χ4v) is 3.00. The molecule has 5 nitrogen and oxygen atoms in total. The zero-order valence-corrected chi connectivity index (χ0v) is 13.2. The van der Waals surface area contributed by atoms with Crippen LogP contribution in [0.1, 0.15) is 18.4 Å². The number of hydrogen-bond donors (Lipinski definition) is 2. The van der Waals surface area contributed by atoms with Gasteiger partial charge in [-0.25, -0.2) is 0 Å². The van der Waals surface area contributed by atoms with Gasteiger partial charge >= 0.3 is 0 Å². The standard InChI is InChI=1S/C15H21ClN4O/c1-19(2)15(21)10-3-5-20(6-4-10)14-8-11(16)7-13(18)12(14)9-17/h7-10,17H,3-6,18H2,1-2H3. The second-order valence-corrected chi connectivity index (χ2v) is 6.00. The SMILES string of the molecule is CN(C)C(=O)C1CCN(c2cc(Cl)cc(N)c2C=N)CC1. The lowest BCUT2D eigenvalue weighted by Crippen LogP contribution is -2.40. The molecule has 114 valence electrons. The molecule has 1 aromatic rings. The van der Waals surface area contributed by atoms with Crippen molar-refractivity contribution in [3.63, 3.8) is 0 Å². The van der Waals surface area contributed by atoms with E-state index in [0.717, 1.165) is 31.6 Å². The number of hydrogen-bond acceptors (Lipinski definition) is 4. The Bertz CT molecular complexity index is 551. The summed E-state index contributed by atoms with van der Waals surface area (Å²) in [5.74, 6) is 0.267. The largest absolute Gasteiger partial charge is 0.398 e. The van der Waals surface area contributed by atoms with Crippen LogP contribution in [0.25, 0.3) is 0 Å². The minimum atomic E-state index is 0.0798. The van der Waals surface area contributed by atoms with Crippen molar-refractivity contribution in [1.82, 2.24) is 4.90 Å². The molecule has 1 aromatic carbocycles. The molecule has 0 bridgehead atoms. The molecule has 1 aliphatic heterocycles. The Morgan fingerprint density at radius 2 is 2.05 bits per heavy atom. The van der Waals surface area contributed by atoms with Crippen molar-refractivity contribution in [2.24, 2.45) is 5.92 Å². The van der Waals surface area contributed by atoms with Crippen molar-refractivity contribution in [3.05, 3.63) is 22.7 Å². The van der Waals surface area contributed by atoms with Gasteiger partial charge in [-0.05, 0) is 25.0 Å². The number of halogens is 1. The quantitative estimate of drug-likeness (QED) is 0.664. The third-order valence-electron chi connectivity index (χ3n) is 3.92. The molecule has 0 saturated carbocycles. The average Bonchev–Trinajstić information content (AvgIpc) is 2.46. The Morgan fingerprint density at radius 3 is 2.57 bits per heavy atom. The van der Waals surface area contributed by atoms with Crippen LogP contribution < -0.4 is 10.6 Å². The summed E-state index contributed by atoms with van der Waals surface area (Å²) in [5.41, 5.74) is 8.02. The highest BCUT2D eigenvalue weighted by molar-refractivity contribution is 6.31. The van der Waals surface area contributed by atoms with Crippen LogP contribution in [0.3, 0.4) is 0 Å². The van der Waals surface area contributed by atoms with Gasteiger partial charge in [0.15, 0.2) is 0 Å². The zero-order valence-electron chi connectivity index (χ0n) is 12.4. The lowest BCUT2D eigenvalue weighted by atomic mass is 9.94. The molecule has 0 aromatic heterocycles. The van der Waals surface area contributed by atoms with Crippen LogP contribution in [0.4, 0.5) is 11.4 Å². The van der Waals surface area contributed by atoms with Crippen LogP contribution in [0.5, 0.6) is 0 Å². The summed E-state index contributed by atoms with van der Waals surface area (Å²) in [5, 5.41) is 8.11. The predicted octanol–water partition coefficient (Wildman–Crippen LogP) is 2.22. The molecule has 0 radical (unpaired) electrons. The van der Waals surface area contributed by atoms with E-state index in [1.165, 1.54) is 6.21 Å². The second kappa shape index (κ2) is 6.35. The molecule has 6 heteroatoms. The van der Waals surface area contributed by atoms with Crippen molar-refractivity contribution >= 4 is 35.1 Å². The molecule has 0 spiro atoms. The Labute approximate surface area is 130 Å². The van der Waals surface area contributed by atoms with Crippen molar-refractivity contribution in [1.29, 1.82) is 5.41 Å². The summed E-state index contributed by atoms with van der Waals surface area (Å²) in [7, 11) is 3.58. The highest BCUT2D eigenvalue weighted by Gasteiger charge is 2.27. The van der Waals surface area contributed by atoms with Crippen LogP contribution in [0.15, 0.2) is 12.1 Å². The highest BCUT2D eigenvalue weighted by atomic mass is 35.5. The van der Waals surface area contributed by atoms with Gasteiger partial charge < -0.3 is 20.9 Å². The van der Waals surface area contributed by atoms with E-state index in [2.05, 4.69) is 4.90 Å². The number of rotatable bonds is 3. The van der Waals surface area contributed by atoms with Gasteiger partial charge in [-0.1, -0.05) is 11.6 Å². The van der Waals surface area contributed by atoms with Crippen molar-refractivity contribution in [3.8, 4) is 0 Å². The first kappa shape index (κ1) is 15.6. The molecular weight excluding hydrogens is 288 g/mol. The molecule has 3 N–H and O–H groups in total. The number of benzene rings is 1. The molecule has 0 atom stereocenters. The van der Waals surface area contributed by atoms with E-state index >= 15 is 0 Å². The number of carbonyl (C=O) groups is 1. The first-order valence-electron chi connectivity index (χ1n) is 6.99. The molecule has 1 fully saturated rings. The molecule has 21 heavy (non-hydrogen) atoms. The topological polar surface area (TPSA) is 73.4 Å². The third-order valence-corrected chi connectivity index (χ3v) is 4.14. The number of amides is 1. The second-order valence-electron chi connectivity index (χ2n) is 5.57. The maximum absolute atomic E-state index is 12.0. The van der Waals surface area contributed by atoms with Gasteiger partial charge in [0.2, 0.25) is 5.91 Å². The van der Waals surface area contributed by atoms with E-state index < -0.39 is 0 Å². The lowest BCUT2D eigenvalue weighted by molar-refractivity contribution is -0.133. The van der Waals surface area contributed by atoms with E-state index in [9.17, 15) is 4.79 Å². The normalized spacial score (nSPS) is 15.9. The van der Waals surface area contributed by atoms with Crippen LogP contribution in [0, 0.1) is 11.3 Å². The molecule has 1 heterocycles. The van der Waals surface area contributed by atoms with Crippen LogP contribution in [-0.4, -0.2) is 44.2 Å². The first-order valence-corrected chi connectivity index (χ1v) is 7.37. The summed E-state index contributed by atoms with van der Waals surface area (Å²) < 4.78 is 0. The number of nitrogens with two attached hydrogens (primary N) is 1. The third kappa shape index (κ3) is 3.29. The number of piperidine rings is 1. The van der Waals surface area contributed by atoms with E-state index in [1.807, 2.05) is 6.07 Å². The van der Waals surface area contributed by atoms with Crippen molar-refractivity contribution in [2.75, 3.05) is 37.8 Å². The maximum atomic E-state index is 12.0. The average molecular weight is 309 g/mol. The molecular formula is C15H21ClN4O. The van der Waals surface area contributed by atoms with Crippen LogP contribution >= 0.6 is 11.6 Å². The van der Waals surface area contributed by atoms with Crippen molar-refractivity contribution in [2.45, 2.75) is 12.8 Å². The molecule has 1 amide bonds. The first-order chi connectivity index (χ1) is 9.93. The van der Waals surface area contributed by atoms with Gasteiger partial charge in [-0.3, -0.25) is 4.79 Å². The Kier molecular flexibility index (Phi) is 4.73. The van der Waals surface area contributed by atoms with Crippen LogP contribution in [0.2, 0.25) is 5.02 Å². The fraction of sp³-hybridized carbons (Fsp3) is 0.467. The van der Waals surface area contributed by atoms with E-state index in [4.69, 9.17) is 22.7 Å². The minimum Gasteiger partial charge on any atom is -0.398 e. The fourth-order valence-electron chi connectivity index (χ4n) is 2.78. The Hall–Kier alpha value is -1.75. The number of nitrogen functional groups attached to an aromatic ring is 1. The predicted molar refractivity (Wildman–Crippen MR) is 87.4 cm³/mol. The minimum absolute atomic E-state index is 0.0798. The summed E-state index contributed by atoms with van der Waals surface area (Å²) in [6, 6.07) is 3.50. The Morgan fingerprint density at radius 1 is 1.43 bits per heavy atom. The van der Waals surface area contributed by atoms with Crippen LogP contribution in [-0.2, 0) is 4.79 Å². The van der Waals surface area contributed by atoms with Crippen molar-refractivity contribution < 1.29 is 4.79 Å². The van der Waals surface area contributed by atoms with Gasteiger partial charge in [-0.2, -0.15) is 0 Å².